The number of nitrogens with one attached hydrogen (secondary N) is 1. The first kappa shape index (κ1) is 13.1. The lowest BCUT2D eigenvalue weighted by Crippen LogP contribution is -2.53. The predicted octanol–water partition coefficient (Wildman–Crippen LogP) is 3.10. The third-order valence-corrected chi connectivity index (χ3v) is 3.46. The minimum atomic E-state index is -0.0373. The number of thiocarbonyl (C=S) groups is 1. The highest BCUT2D eigenvalue weighted by Crippen LogP contribution is 2.19. The van der Waals surface area contributed by atoms with Crippen LogP contribution in [0.25, 0.3) is 0 Å². The van der Waals surface area contributed by atoms with Crippen LogP contribution in [0.5, 0.6) is 0 Å². The zero-order valence-corrected chi connectivity index (χ0v) is 12.1. The van der Waals surface area contributed by atoms with Crippen molar-refractivity contribution in [1.82, 2.24) is 10.2 Å². The number of allylic oxidation sites excluding steroid dienone is 1. The molecule has 2 rings (SSSR count). The molecule has 0 spiro atoms. The van der Waals surface area contributed by atoms with Crippen LogP contribution in [0.1, 0.15) is 26.3 Å². The van der Waals surface area contributed by atoms with Crippen LogP contribution in [0, 0.1) is 0 Å². The van der Waals surface area contributed by atoms with Gasteiger partial charge in [0.1, 0.15) is 0 Å². The van der Waals surface area contributed by atoms with Gasteiger partial charge in [-0.1, -0.05) is 30.3 Å². The van der Waals surface area contributed by atoms with Crippen LogP contribution in [0.4, 0.5) is 0 Å². The van der Waals surface area contributed by atoms with Crippen molar-refractivity contribution < 1.29 is 0 Å². The lowest BCUT2D eigenvalue weighted by Gasteiger charge is -2.38. The highest BCUT2D eigenvalue weighted by atomic mass is 32.1. The molecule has 0 aliphatic carbocycles. The zero-order valence-electron chi connectivity index (χ0n) is 11.2. The second kappa shape index (κ2) is 5.11. The Morgan fingerprint density at radius 2 is 1.89 bits per heavy atom. The average Bonchev–Trinajstić information content (AvgIpc) is 2.27. The number of benzene rings is 1. The Morgan fingerprint density at radius 3 is 2.50 bits per heavy atom. The Hall–Kier alpha value is -1.35. The molecule has 2 nitrogen and oxygen atoms in total. The molecule has 0 radical (unpaired) electrons. The molecule has 0 fully saturated rings. The van der Waals surface area contributed by atoms with Crippen LogP contribution in [0.15, 0.2) is 42.1 Å². The van der Waals surface area contributed by atoms with E-state index in [-0.39, 0.29) is 5.54 Å². The summed E-state index contributed by atoms with van der Waals surface area (Å²) in [5.41, 5.74) is 2.54. The molecule has 0 unspecified atom stereocenters. The zero-order chi connectivity index (χ0) is 13.2. The Labute approximate surface area is 115 Å². The van der Waals surface area contributed by atoms with Gasteiger partial charge < -0.3 is 10.2 Å². The molecule has 1 aromatic rings. The van der Waals surface area contributed by atoms with Gasteiger partial charge in [0.15, 0.2) is 5.11 Å². The Morgan fingerprint density at radius 1 is 1.22 bits per heavy atom. The fourth-order valence-electron chi connectivity index (χ4n) is 2.30. The summed E-state index contributed by atoms with van der Waals surface area (Å²) in [6, 6.07) is 10.5. The lowest BCUT2D eigenvalue weighted by atomic mass is 10.0. The first-order valence-corrected chi connectivity index (χ1v) is 6.72. The van der Waals surface area contributed by atoms with Gasteiger partial charge in [0.2, 0.25) is 0 Å². The van der Waals surface area contributed by atoms with Gasteiger partial charge >= 0.3 is 0 Å². The number of rotatable bonds is 3. The van der Waals surface area contributed by atoms with E-state index in [4.69, 9.17) is 12.2 Å². The van der Waals surface area contributed by atoms with E-state index in [1.165, 1.54) is 11.3 Å². The van der Waals surface area contributed by atoms with E-state index in [0.29, 0.717) is 0 Å². The second-order valence-electron chi connectivity index (χ2n) is 5.32. The van der Waals surface area contributed by atoms with Crippen LogP contribution >= 0.6 is 12.2 Å². The Balaban J connectivity index is 2.04. The summed E-state index contributed by atoms with van der Waals surface area (Å²) in [7, 11) is 0. The first-order valence-electron chi connectivity index (χ1n) is 6.31. The molecule has 96 valence electrons. The normalized spacial score (nSPS) is 18.3. The van der Waals surface area contributed by atoms with Crippen LogP contribution in [0.3, 0.4) is 0 Å². The molecule has 1 aromatic carbocycles. The predicted molar refractivity (Wildman–Crippen MR) is 80.4 cm³/mol. The Kier molecular flexibility index (Phi) is 3.71. The summed E-state index contributed by atoms with van der Waals surface area (Å²) < 4.78 is 0. The maximum Gasteiger partial charge on any atom is 0.173 e. The second-order valence-corrected chi connectivity index (χ2v) is 5.71. The summed E-state index contributed by atoms with van der Waals surface area (Å²) in [6.45, 7) is 7.32. The minimum Gasteiger partial charge on any atom is -0.354 e. The van der Waals surface area contributed by atoms with Gasteiger partial charge in [0.05, 0.1) is 5.54 Å². The van der Waals surface area contributed by atoms with E-state index in [1.807, 2.05) is 6.07 Å². The van der Waals surface area contributed by atoms with Crippen molar-refractivity contribution in [3.8, 4) is 0 Å². The molecule has 0 aromatic heterocycles. The first-order chi connectivity index (χ1) is 8.48. The number of hydrogen-bond acceptors (Lipinski definition) is 1. The van der Waals surface area contributed by atoms with Gasteiger partial charge in [-0.3, -0.25) is 0 Å². The third-order valence-electron chi connectivity index (χ3n) is 3.14. The monoisotopic (exact) mass is 260 g/mol. The maximum atomic E-state index is 5.44. The van der Waals surface area contributed by atoms with E-state index < -0.39 is 0 Å². The minimum absolute atomic E-state index is 0.0373. The molecule has 0 bridgehead atoms. The molecule has 1 N–H and O–H groups in total. The van der Waals surface area contributed by atoms with Crippen molar-refractivity contribution in [2.24, 2.45) is 0 Å². The van der Waals surface area contributed by atoms with Crippen molar-refractivity contribution in [2.75, 3.05) is 6.54 Å². The average molecular weight is 260 g/mol. The fraction of sp³-hybridized carbons (Fsp3) is 0.400. The summed E-state index contributed by atoms with van der Waals surface area (Å²) in [6.07, 6.45) is 3.24. The number of hydrogen-bond donors (Lipinski definition) is 1. The molecule has 0 atom stereocenters. The van der Waals surface area contributed by atoms with Crippen molar-refractivity contribution in [3.63, 3.8) is 0 Å². The standard InChI is InChI=1S/C15H20N2S/c1-12-11-15(2,3)16-14(18)17(12)10-9-13-7-5-4-6-8-13/h4-8,11H,9-10H2,1-3H3,(H,16,18). The molecule has 18 heavy (non-hydrogen) atoms. The van der Waals surface area contributed by atoms with E-state index in [9.17, 15) is 0 Å². The smallest absolute Gasteiger partial charge is 0.173 e. The van der Waals surface area contributed by atoms with E-state index in [0.717, 1.165) is 18.1 Å². The van der Waals surface area contributed by atoms with Gasteiger partial charge in [-0.15, -0.1) is 0 Å². The quantitative estimate of drug-likeness (QED) is 0.841. The fourth-order valence-corrected chi connectivity index (χ4v) is 2.80. The Bertz CT molecular complexity index is 463. The summed E-state index contributed by atoms with van der Waals surface area (Å²) in [5.74, 6) is 0. The van der Waals surface area contributed by atoms with E-state index in [1.54, 1.807) is 0 Å². The number of nitrogens with zero attached hydrogens (tertiary/aromatic N) is 1. The summed E-state index contributed by atoms with van der Waals surface area (Å²) >= 11 is 5.44. The van der Waals surface area contributed by atoms with Crippen molar-refractivity contribution in [1.29, 1.82) is 0 Å². The van der Waals surface area contributed by atoms with Gasteiger partial charge in [0.25, 0.3) is 0 Å². The molecule has 0 saturated heterocycles. The molecule has 0 amide bonds. The maximum absolute atomic E-state index is 5.44. The van der Waals surface area contributed by atoms with Crippen LogP contribution in [-0.2, 0) is 6.42 Å². The van der Waals surface area contributed by atoms with Gasteiger partial charge in [-0.05, 0) is 51.0 Å². The molecular weight excluding hydrogens is 240 g/mol. The summed E-state index contributed by atoms with van der Waals surface area (Å²) in [5, 5.41) is 4.18. The molecule has 0 saturated carbocycles. The highest BCUT2D eigenvalue weighted by Gasteiger charge is 2.25. The van der Waals surface area contributed by atoms with Crippen molar-refractivity contribution in [2.45, 2.75) is 32.7 Å². The van der Waals surface area contributed by atoms with E-state index in [2.05, 4.69) is 61.3 Å². The lowest BCUT2D eigenvalue weighted by molar-refractivity contribution is 0.429. The van der Waals surface area contributed by atoms with Gasteiger partial charge in [-0.25, -0.2) is 0 Å². The van der Waals surface area contributed by atoms with Crippen molar-refractivity contribution >= 4 is 17.3 Å². The summed E-state index contributed by atoms with van der Waals surface area (Å²) in [4.78, 5) is 2.17. The van der Waals surface area contributed by atoms with Gasteiger partial charge in [0, 0.05) is 12.2 Å². The molecular formula is C15H20N2S. The highest BCUT2D eigenvalue weighted by molar-refractivity contribution is 7.80. The van der Waals surface area contributed by atoms with Crippen LogP contribution in [0.2, 0.25) is 0 Å². The van der Waals surface area contributed by atoms with Crippen LogP contribution in [-0.4, -0.2) is 22.1 Å². The van der Waals surface area contributed by atoms with Gasteiger partial charge in [-0.2, -0.15) is 0 Å². The van der Waals surface area contributed by atoms with Crippen LogP contribution < -0.4 is 5.32 Å². The largest absolute Gasteiger partial charge is 0.354 e. The SMILES string of the molecule is CC1=CC(C)(C)NC(=S)N1CCc1ccccc1. The van der Waals surface area contributed by atoms with E-state index >= 15 is 0 Å². The molecule has 1 aliphatic heterocycles. The topological polar surface area (TPSA) is 15.3 Å². The third kappa shape index (κ3) is 3.10. The molecule has 3 heteroatoms. The van der Waals surface area contributed by atoms with Crippen molar-refractivity contribution in [3.05, 3.63) is 47.7 Å². The molecule has 1 aliphatic rings. The molecule has 1 heterocycles.